The standard InChI is InChI=1S/C20H16F3N5O2/c1-10(29)9-24-18-16-17(12-4-2-3-5-13(12)22)27-28-19(16)26-20(25-18)30-15-7-6-11(21)8-14(15)23/h2-8,10,29H,9H2,1H3,(H2,24,25,26,27,28). The Kier molecular flexibility index (Phi) is 5.23. The number of aromatic nitrogens is 4. The van der Waals surface area contributed by atoms with Crippen molar-refractivity contribution in [2.75, 3.05) is 11.9 Å². The molecule has 0 spiro atoms. The number of aliphatic hydroxyl groups excluding tert-OH is 1. The molecule has 0 radical (unpaired) electrons. The highest BCUT2D eigenvalue weighted by Crippen LogP contribution is 2.34. The average Bonchev–Trinajstić information content (AvgIpc) is 3.12. The number of aliphatic hydroxyl groups is 1. The highest BCUT2D eigenvalue weighted by molar-refractivity contribution is 5.99. The molecule has 0 fully saturated rings. The Bertz CT molecular complexity index is 1210. The lowest BCUT2D eigenvalue weighted by molar-refractivity contribution is 0.208. The van der Waals surface area contributed by atoms with Gasteiger partial charge in [0.1, 0.15) is 23.1 Å². The molecule has 4 aromatic rings. The third kappa shape index (κ3) is 3.90. The van der Waals surface area contributed by atoms with E-state index in [2.05, 4.69) is 25.5 Å². The molecule has 0 aliphatic carbocycles. The summed E-state index contributed by atoms with van der Waals surface area (Å²) in [5, 5.41) is 19.8. The van der Waals surface area contributed by atoms with Gasteiger partial charge in [0.05, 0.1) is 11.5 Å². The van der Waals surface area contributed by atoms with E-state index in [0.29, 0.717) is 11.5 Å². The van der Waals surface area contributed by atoms with E-state index in [0.717, 1.165) is 12.1 Å². The lowest BCUT2D eigenvalue weighted by Crippen LogP contribution is -2.16. The van der Waals surface area contributed by atoms with Gasteiger partial charge in [-0.25, -0.2) is 13.2 Å². The average molecular weight is 415 g/mol. The van der Waals surface area contributed by atoms with E-state index in [1.165, 1.54) is 6.07 Å². The van der Waals surface area contributed by atoms with Gasteiger partial charge in [0, 0.05) is 18.2 Å². The molecule has 0 aliphatic heterocycles. The molecule has 2 aromatic carbocycles. The molecule has 0 bridgehead atoms. The van der Waals surface area contributed by atoms with Crippen molar-refractivity contribution in [1.29, 1.82) is 0 Å². The molecule has 7 nitrogen and oxygen atoms in total. The zero-order valence-electron chi connectivity index (χ0n) is 15.7. The second kappa shape index (κ2) is 7.99. The van der Waals surface area contributed by atoms with Gasteiger partial charge in [-0.3, -0.25) is 5.10 Å². The number of nitrogens with zero attached hydrogens (tertiary/aromatic N) is 3. The van der Waals surface area contributed by atoms with Gasteiger partial charge in [0.2, 0.25) is 0 Å². The first-order valence-corrected chi connectivity index (χ1v) is 8.98. The maximum absolute atomic E-state index is 14.3. The maximum atomic E-state index is 14.3. The van der Waals surface area contributed by atoms with Crippen molar-refractivity contribution in [3.05, 3.63) is 59.9 Å². The fourth-order valence-corrected chi connectivity index (χ4v) is 2.83. The molecule has 4 rings (SSSR count). The van der Waals surface area contributed by atoms with Gasteiger partial charge in [-0.05, 0) is 31.2 Å². The lowest BCUT2D eigenvalue weighted by Gasteiger charge is -2.12. The van der Waals surface area contributed by atoms with E-state index in [9.17, 15) is 18.3 Å². The van der Waals surface area contributed by atoms with E-state index >= 15 is 0 Å². The molecule has 2 aromatic heterocycles. The van der Waals surface area contributed by atoms with Gasteiger partial charge in [0.15, 0.2) is 17.2 Å². The summed E-state index contributed by atoms with van der Waals surface area (Å²) in [5.41, 5.74) is 0.690. The second-order valence-electron chi connectivity index (χ2n) is 6.54. The molecule has 10 heteroatoms. The van der Waals surface area contributed by atoms with Crippen LogP contribution in [0.4, 0.5) is 19.0 Å². The Balaban J connectivity index is 1.82. The van der Waals surface area contributed by atoms with Crippen molar-refractivity contribution in [2.45, 2.75) is 13.0 Å². The van der Waals surface area contributed by atoms with Crippen LogP contribution in [0.5, 0.6) is 11.8 Å². The van der Waals surface area contributed by atoms with Crippen molar-refractivity contribution >= 4 is 16.9 Å². The number of ether oxygens (including phenoxy) is 1. The van der Waals surface area contributed by atoms with E-state index in [4.69, 9.17) is 4.74 Å². The molecule has 0 saturated heterocycles. The van der Waals surface area contributed by atoms with Gasteiger partial charge < -0.3 is 15.2 Å². The molecule has 0 amide bonds. The number of anilines is 1. The number of benzene rings is 2. The minimum absolute atomic E-state index is 0.123. The van der Waals surface area contributed by atoms with Crippen LogP contribution in [-0.2, 0) is 0 Å². The summed E-state index contributed by atoms with van der Waals surface area (Å²) in [7, 11) is 0. The molecule has 0 saturated carbocycles. The third-order valence-corrected chi connectivity index (χ3v) is 4.19. The molecule has 30 heavy (non-hydrogen) atoms. The van der Waals surface area contributed by atoms with Crippen molar-refractivity contribution in [3.8, 4) is 23.0 Å². The molecular formula is C20H16F3N5O2. The second-order valence-corrected chi connectivity index (χ2v) is 6.54. The van der Waals surface area contributed by atoms with Gasteiger partial charge in [0.25, 0.3) is 0 Å². The molecular weight excluding hydrogens is 399 g/mol. The van der Waals surface area contributed by atoms with Crippen LogP contribution in [0.3, 0.4) is 0 Å². The topological polar surface area (TPSA) is 96.0 Å². The molecule has 1 unspecified atom stereocenters. The minimum atomic E-state index is -0.922. The first-order valence-electron chi connectivity index (χ1n) is 8.98. The number of rotatable bonds is 6. The van der Waals surface area contributed by atoms with Gasteiger partial charge in [-0.1, -0.05) is 12.1 Å². The van der Waals surface area contributed by atoms with E-state index < -0.39 is 23.6 Å². The molecule has 2 heterocycles. The minimum Gasteiger partial charge on any atom is -0.421 e. The Morgan fingerprint density at radius 3 is 2.63 bits per heavy atom. The van der Waals surface area contributed by atoms with Crippen molar-refractivity contribution < 1.29 is 23.0 Å². The van der Waals surface area contributed by atoms with Crippen molar-refractivity contribution in [2.24, 2.45) is 0 Å². The van der Waals surface area contributed by atoms with Crippen molar-refractivity contribution in [3.63, 3.8) is 0 Å². The Morgan fingerprint density at radius 2 is 1.90 bits per heavy atom. The zero-order chi connectivity index (χ0) is 21.3. The molecule has 3 N–H and O–H groups in total. The predicted molar refractivity (Wildman–Crippen MR) is 104 cm³/mol. The van der Waals surface area contributed by atoms with Crippen LogP contribution in [0.25, 0.3) is 22.3 Å². The molecule has 154 valence electrons. The first-order chi connectivity index (χ1) is 14.4. The number of fused-ring (bicyclic) bond motifs is 1. The highest BCUT2D eigenvalue weighted by atomic mass is 19.1. The summed E-state index contributed by atoms with van der Waals surface area (Å²) >= 11 is 0. The summed E-state index contributed by atoms with van der Waals surface area (Å²) in [6.45, 7) is 1.70. The van der Waals surface area contributed by atoms with Crippen LogP contribution >= 0.6 is 0 Å². The monoisotopic (exact) mass is 415 g/mol. The van der Waals surface area contributed by atoms with Crippen LogP contribution in [0.1, 0.15) is 6.92 Å². The number of nitrogens with one attached hydrogen (secondary N) is 2. The number of hydrogen-bond donors (Lipinski definition) is 3. The number of hydrogen-bond acceptors (Lipinski definition) is 6. The van der Waals surface area contributed by atoms with Gasteiger partial charge in [-0.2, -0.15) is 15.1 Å². The fraction of sp³-hybridized carbons (Fsp3) is 0.150. The Hall–Kier alpha value is -3.66. The summed E-state index contributed by atoms with van der Waals surface area (Å²) in [5.74, 6) is -2.23. The van der Waals surface area contributed by atoms with E-state index in [1.807, 2.05) is 0 Å². The molecule has 1 atom stereocenters. The number of H-pyrrole nitrogens is 1. The normalized spacial score (nSPS) is 12.2. The van der Waals surface area contributed by atoms with Crippen LogP contribution in [0, 0.1) is 17.5 Å². The van der Waals surface area contributed by atoms with Crippen LogP contribution in [0.2, 0.25) is 0 Å². The van der Waals surface area contributed by atoms with Crippen LogP contribution in [0.15, 0.2) is 42.5 Å². The predicted octanol–water partition coefficient (Wildman–Crippen LogP) is 4.02. The van der Waals surface area contributed by atoms with Gasteiger partial charge in [-0.15, -0.1) is 0 Å². The fourth-order valence-electron chi connectivity index (χ4n) is 2.83. The van der Waals surface area contributed by atoms with Gasteiger partial charge >= 0.3 is 6.01 Å². The van der Waals surface area contributed by atoms with Crippen molar-refractivity contribution in [1.82, 2.24) is 20.2 Å². The molecule has 0 aliphatic rings. The summed E-state index contributed by atoms with van der Waals surface area (Å²) < 4.78 is 46.8. The number of halogens is 3. The largest absolute Gasteiger partial charge is 0.421 e. The third-order valence-electron chi connectivity index (χ3n) is 4.19. The summed E-state index contributed by atoms with van der Waals surface area (Å²) in [6.07, 6.45) is -0.710. The smallest absolute Gasteiger partial charge is 0.326 e. The Labute approximate surface area is 168 Å². The van der Waals surface area contributed by atoms with Crippen LogP contribution in [-0.4, -0.2) is 37.9 Å². The Morgan fingerprint density at radius 1 is 1.10 bits per heavy atom. The maximum Gasteiger partial charge on any atom is 0.326 e. The summed E-state index contributed by atoms with van der Waals surface area (Å²) in [6, 6.07) is 8.65. The zero-order valence-corrected chi connectivity index (χ0v) is 15.7. The van der Waals surface area contributed by atoms with E-state index in [1.54, 1.807) is 25.1 Å². The first kappa shape index (κ1) is 19.6. The highest BCUT2D eigenvalue weighted by Gasteiger charge is 2.20. The van der Waals surface area contributed by atoms with Crippen LogP contribution < -0.4 is 10.1 Å². The van der Waals surface area contributed by atoms with E-state index in [-0.39, 0.29) is 41.0 Å². The number of aromatic amines is 1. The quantitative estimate of drug-likeness (QED) is 0.440. The SMILES string of the molecule is CC(O)CNc1nc(Oc2ccc(F)cc2F)nc2[nH]nc(-c3ccccc3F)c12. The summed E-state index contributed by atoms with van der Waals surface area (Å²) in [4.78, 5) is 8.38. The lowest BCUT2D eigenvalue weighted by atomic mass is 10.1.